The molecule has 0 aromatic carbocycles. The fraction of sp³-hybridized carbons (Fsp3) is 0.500. The minimum absolute atomic E-state index is 0.00167. The number of nitrogens with zero attached hydrogens (tertiary/aromatic N) is 3. The fourth-order valence-corrected chi connectivity index (χ4v) is 4.10. The van der Waals surface area contributed by atoms with Crippen LogP contribution < -0.4 is 5.69 Å². The molecule has 7 nitrogen and oxygen atoms in total. The number of pyridine rings is 1. The van der Waals surface area contributed by atoms with Crippen LogP contribution in [-0.4, -0.2) is 43.4 Å². The van der Waals surface area contributed by atoms with Crippen LogP contribution >= 0.6 is 0 Å². The Balaban J connectivity index is 1.58. The Bertz CT molecular complexity index is 1040. The number of likely N-dealkylation sites (tertiary alicyclic amines) is 1. The van der Waals surface area contributed by atoms with Crippen LogP contribution in [0.1, 0.15) is 38.6 Å². The maximum atomic E-state index is 12.7. The first-order valence-corrected chi connectivity index (χ1v) is 8.92. The molecule has 2 fully saturated rings. The van der Waals surface area contributed by atoms with Gasteiger partial charge in [-0.3, -0.25) is 9.36 Å². The maximum absolute atomic E-state index is 12.7. The van der Waals surface area contributed by atoms with Crippen molar-refractivity contribution < 1.29 is 4.79 Å². The molecule has 1 aliphatic heterocycles. The maximum Gasteiger partial charge on any atom is 0.326 e. The van der Waals surface area contributed by atoms with E-state index in [0.29, 0.717) is 6.54 Å². The van der Waals surface area contributed by atoms with Gasteiger partial charge < -0.3 is 14.9 Å². The van der Waals surface area contributed by atoms with Crippen LogP contribution in [0.2, 0.25) is 0 Å². The van der Waals surface area contributed by atoms with E-state index < -0.39 is 0 Å². The third kappa shape index (κ3) is 2.14. The van der Waals surface area contributed by atoms with E-state index in [1.54, 1.807) is 6.20 Å². The summed E-state index contributed by atoms with van der Waals surface area (Å²) in [4.78, 5) is 37.7. The van der Waals surface area contributed by atoms with Crippen molar-refractivity contribution in [3.63, 3.8) is 0 Å². The molecule has 7 heteroatoms. The van der Waals surface area contributed by atoms with E-state index in [-0.39, 0.29) is 23.1 Å². The number of carbonyl (C=O) groups is 1. The summed E-state index contributed by atoms with van der Waals surface area (Å²) in [5, 5.41) is 0.938. The predicted octanol–water partition coefficient (Wildman–Crippen LogP) is 2.17. The van der Waals surface area contributed by atoms with Crippen LogP contribution in [0, 0.1) is 5.41 Å². The fourth-order valence-electron chi connectivity index (χ4n) is 4.10. The number of imidazole rings is 1. The monoisotopic (exact) mass is 339 g/mol. The highest BCUT2D eigenvalue weighted by Gasteiger charge is 2.47. The molecule has 5 rings (SSSR count). The van der Waals surface area contributed by atoms with E-state index in [1.807, 2.05) is 28.7 Å². The van der Waals surface area contributed by atoms with Crippen molar-refractivity contribution in [1.82, 2.24) is 24.4 Å². The number of aromatic amines is 2. The first-order chi connectivity index (χ1) is 12.1. The number of carbonyl (C=O) groups excluding carboxylic acids is 1. The zero-order chi connectivity index (χ0) is 17.2. The Morgan fingerprint density at radius 1 is 1.40 bits per heavy atom. The Morgan fingerprint density at radius 3 is 3.04 bits per heavy atom. The second kappa shape index (κ2) is 4.97. The van der Waals surface area contributed by atoms with Crippen LogP contribution in [0.4, 0.5) is 0 Å². The van der Waals surface area contributed by atoms with Crippen LogP contribution in [0.25, 0.3) is 22.1 Å². The Kier molecular flexibility index (Phi) is 2.93. The summed E-state index contributed by atoms with van der Waals surface area (Å²) < 4.78 is 1.84. The third-order valence-corrected chi connectivity index (χ3v) is 5.82. The van der Waals surface area contributed by atoms with Gasteiger partial charge >= 0.3 is 5.69 Å². The highest BCUT2D eigenvalue weighted by Crippen LogP contribution is 2.47. The van der Waals surface area contributed by atoms with E-state index in [4.69, 9.17) is 0 Å². The molecule has 2 aliphatic rings. The molecular formula is C18H21N5O2. The molecule has 1 atom stereocenters. The van der Waals surface area contributed by atoms with Gasteiger partial charge in [-0.25, -0.2) is 9.78 Å². The van der Waals surface area contributed by atoms with E-state index in [9.17, 15) is 9.59 Å². The summed E-state index contributed by atoms with van der Waals surface area (Å²) in [6.45, 7) is 3.45. The van der Waals surface area contributed by atoms with Crippen LogP contribution in [0.5, 0.6) is 0 Å². The zero-order valence-corrected chi connectivity index (χ0v) is 14.2. The van der Waals surface area contributed by atoms with Gasteiger partial charge in [0.15, 0.2) is 0 Å². The zero-order valence-electron chi connectivity index (χ0n) is 14.2. The van der Waals surface area contributed by atoms with Gasteiger partial charge in [-0.2, -0.15) is 0 Å². The lowest BCUT2D eigenvalue weighted by Crippen LogP contribution is -2.45. The van der Waals surface area contributed by atoms with Crippen molar-refractivity contribution in [2.75, 3.05) is 13.1 Å². The summed E-state index contributed by atoms with van der Waals surface area (Å²) in [5.74, 6) is 0.249. The normalized spacial score (nSPS) is 22.6. The number of hydrogen-bond acceptors (Lipinski definition) is 3. The summed E-state index contributed by atoms with van der Waals surface area (Å²) >= 11 is 0. The number of rotatable bonds is 2. The highest BCUT2D eigenvalue weighted by atomic mass is 16.2. The quantitative estimate of drug-likeness (QED) is 0.750. The first-order valence-electron chi connectivity index (χ1n) is 8.92. The van der Waals surface area contributed by atoms with Crippen molar-refractivity contribution in [2.24, 2.45) is 5.41 Å². The molecule has 1 saturated carbocycles. The van der Waals surface area contributed by atoms with Gasteiger partial charge in [0.05, 0.1) is 23.3 Å². The lowest BCUT2D eigenvalue weighted by molar-refractivity contribution is -0.138. The van der Waals surface area contributed by atoms with Gasteiger partial charge in [0.25, 0.3) is 0 Å². The summed E-state index contributed by atoms with van der Waals surface area (Å²) in [6, 6.07) is 1.95. The van der Waals surface area contributed by atoms with E-state index in [1.165, 1.54) is 0 Å². The van der Waals surface area contributed by atoms with Crippen LogP contribution in [-0.2, 0) is 4.79 Å². The smallest absolute Gasteiger partial charge is 0.326 e. The molecule has 2 N–H and O–H groups in total. The molecule has 3 aromatic rings. The lowest BCUT2D eigenvalue weighted by atomic mass is 10.0. The van der Waals surface area contributed by atoms with Crippen molar-refractivity contribution >= 4 is 28.0 Å². The van der Waals surface area contributed by atoms with Crippen LogP contribution in [0.15, 0.2) is 23.3 Å². The van der Waals surface area contributed by atoms with Gasteiger partial charge in [-0.15, -0.1) is 0 Å². The number of piperidine rings is 1. The molecule has 4 heterocycles. The predicted molar refractivity (Wildman–Crippen MR) is 94.4 cm³/mol. The molecule has 1 saturated heterocycles. The van der Waals surface area contributed by atoms with Gasteiger partial charge in [0.2, 0.25) is 5.91 Å². The standard InChI is InChI=1S/C18H21N5O2/c1-18(5-6-18)16(24)22-8-2-3-11(10-22)23-14-12-4-7-19-15(12)20-9-13(14)21-17(23)25/h4,7,9,11H,2-3,5-6,8,10H2,1H3,(H,19,20)(H,21,25)/t11-/m1/s1. The van der Waals surface area contributed by atoms with Gasteiger partial charge in [0.1, 0.15) is 5.65 Å². The molecule has 3 aromatic heterocycles. The number of aromatic nitrogens is 4. The average Bonchev–Trinajstić information content (AvgIpc) is 3.06. The topological polar surface area (TPSA) is 86.8 Å². The molecule has 130 valence electrons. The summed E-state index contributed by atoms with van der Waals surface area (Å²) in [5.41, 5.74) is 2.12. The van der Waals surface area contributed by atoms with Crippen molar-refractivity contribution in [2.45, 2.75) is 38.6 Å². The average molecular weight is 339 g/mol. The molecule has 1 aliphatic carbocycles. The molecule has 0 bridgehead atoms. The van der Waals surface area contributed by atoms with Crippen molar-refractivity contribution in [3.8, 4) is 0 Å². The third-order valence-electron chi connectivity index (χ3n) is 5.82. The van der Waals surface area contributed by atoms with Crippen molar-refractivity contribution in [3.05, 3.63) is 28.9 Å². The Hall–Kier alpha value is -2.57. The van der Waals surface area contributed by atoms with E-state index >= 15 is 0 Å². The number of nitrogens with one attached hydrogen (secondary N) is 2. The second-order valence-corrected chi connectivity index (χ2v) is 7.67. The SMILES string of the molecule is CC1(C(=O)N2CCC[C@@H](n3c(=O)[nH]c4cnc5[nH]ccc5c43)C2)CC1. The second-order valence-electron chi connectivity index (χ2n) is 7.67. The van der Waals surface area contributed by atoms with E-state index in [0.717, 1.165) is 54.3 Å². The minimum atomic E-state index is -0.162. The van der Waals surface area contributed by atoms with Crippen LogP contribution in [0.3, 0.4) is 0 Å². The molecule has 0 unspecified atom stereocenters. The first kappa shape index (κ1) is 14.7. The van der Waals surface area contributed by atoms with Gasteiger partial charge in [-0.1, -0.05) is 6.92 Å². The largest absolute Gasteiger partial charge is 0.346 e. The van der Waals surface area contributed by atoms with Gasteiger partial charge in [0, 0.05) is 30.1 Å². The molecule has 0 spiro atoms. The minimum Gasteiger partial charge on any atom is -0.346 e. The lowest BCUT2D eigenvalue weighted by Gasteiger charge is -2.35. The Labute approximate surface area is 144 Å². The number of amides is 1. The number of hydrogen-bond donors (Lipinski definition) is 2. The Morgan fingerprint density at radius 2 is 2.24 bits per heavy atom. The molecular weight excluding hydrogens is 318 g/mol. The van der Waals surface area contributed by atoms with Crippen molar-refractivity contribution in [1.29, 1.82) is 0 Å². The molecule has 25 heavy (non-hydrogen) atoms. The highest BCUT2D eigenvalue weighted by molar-refractivity contribution is 6.01. The number of H-pyrrole nitrogens is 2. The summed E-state index contributed by atoms with van der Waals surface area (Å²) in [6.07, 6.45) is 7.33. The van der Waals surface area contributed by atoms with E-state index in [2.05, 4.69) is 15.0 Å². The molecule has 1 amide bonds. The molecule has 0 radical (unpaired) electrons. The number of fused-ring (bicyclic) bond motifs is 3. The summed E-state index contributed by atoms with van der Waals surface area (Å²) in [7, 11) is 0. The van der Waals surface area contributed by atoms with Gasteiger partial charge in [-0.05, 0) is 31.7 Å².